The van der Waals surface area contributed by atoms with Crippen LogP contribution >= 0.6 is 0 Å². The zero-order valence-corrected chi connectivity index (χ0v) is 17.3. The summed E-state index contributed by atoms with van der Waals surface area (Å²) in [6, 6.07) is 8.87. The van der Waals surface area contributed by atoms with Crippen molar-refractivity contribution in [3.63, 3.8) is 0 Å². The van der Waals surface area contributed by atoms with Gasteiger partial charge < -0.3 is 19.5 Å². The van der Waals surface area contributed by atoms with E-state index in [-0.39, 0.29) is 28.4 Å². The number of amides is 2. The van der Waals surface area contributed by atoms with Gasteiger partial charge in [0.05, 0.1) is 13.3 Å². The largest absolute Gasteiger partial charge is 0.491 e. The van der Waals surface area contributed by atoms with E-state index in [1.807, 2.05) is 24.3 Å². The molecular formula is C22H27N3O4. The van der Waals surface area contributed by atoms with E-state index in [1.165, 1.54) is 18.7 Å². The van der Waals surface area contributed by atoms with Crippen molar-refractivity contribution in [3.05, 3.63) is 63.6 Å². The van der Waals surface area contributed by atoms with Crippen LogP contribution in [0, 0.1) is 0 Å². The fourth-order valence-corrected chi connectivity index (χ4v) is 3.31. The van der Waals surface area contributed by atoms with Crippen molar-refractivity contribution in [2.45, 2.75) is 32.7 Å². The Hall–Kier alpha value is -3.09. The summed E-state index contributed by atoms with van der Waals surface area (Å²) >= 11 is 0. The molecule has 0 bridgehead atoms. The molecule has 1 aromatic carbocycles. The highest BCUT2D eigenvalue weighted by Crippen LogP contribution is 2.22. The molecule has 0 atom stereocenters. The second kappa shape index (κ2) is 8.11. The molecule has 0 spiro atoms. The van der Waals surface area contributed by atoms with E-state index in [0.29, 0.717) is 37.4 Å². The number of carbonyl (C=O) groups excluding carboxylic acids is 2. The van der Waals surface area contributed by atoms with Gasteiger partial charge in [-0.25, -0.2) is 0 Å². The summed E-state index contributed by atoms with van der Waals surface area (Å²) < 4.78 is 6.76. The maximum Gasteiger partial charge on any atom is 0.270 e. The molecular weight excluding hydrogens is 370 g/mol. The zero-order chi connectivity index (χ0) is 21.2. The first kappa shape index (κ1) is 20.6. The molecule has 1 aliphatic rings. The Morgan fingerprint density at radius 2 is 1.83 bits per heavy atom. The van der Waals surface area contributed by atoms with Gasteiger partial charge in [0.2, 0.25) is 5.43 Å². The minimum Gasteiger partial charge on any atom is -0.491 e. The SMILES string of the molecule is COc1cn2c(cc1=O)C(=O)N(CCNC(=O)c1ccc(C(C)(C)C)cc1)CC2. The van der Waals surface area contributed by atoms with E-state index in [9.17, 15) is 14.4 Å². The number of hydrogen-bond donors (Lipinski definition) is 1. The predicted octanol–water partition coefficient (Wildman–Crippen LogP) is 2.04. The predicted molar refractivity (Wildman–Crippen MR) is 111 cm³/mol. The lowest BCUT2D eigenvalue weighted by atomic mass is 9.87. The van der Waals surface area contributed by atoms with Crippen molar-refractivity contribution in [1.82, 2.24) is 14.8 Å². The van der Waals surface area contributed by atoms with Crippen molar-refractivity contribution < 1.29 is 14.3 Å². The van der Waals surface area contributed by atoms with Gasteiger partial charge in [0.15, 0.2) is 5.75 Å². The van der Waals surface area contributed by atoms with Gasteiger partial charge in [0.1, 0.15) is 5.69 Å². The summed E-state index contributed by atoms with van der Waals surface area (Å²) in [5, 5.41) is 2.86. The van der Waals surface area contributed by atoms with E-state index in [4.69, 9.17) is 4.74 Å². The average Bonchev–Trinajstić information content (AvgIpc) is 2.69. The molecule has 2 amide bonds. The second-order valence-electron chi connectivity index (χ2n) is 8.16. The van der Waals surface area contributed by atoms with E-state index in [2.05, 4.69) is 26.1 Å². The lowest BCUT2D eigenvalue weighted by molar-refractivity contribution is 0.0696. The maximum absolute atomic E-state index is 12.7. The minimum atomic E-state index is -0.319. The fraction of sp³-hybridized carbons (Fsp3) is 0.409. The van der Waals surface area contributed by atoms with Crippen molar-refractivity contribution in [2.24, 2.45) is 0 Å². The maximum atomic E-state index is 12.7. The van der Waals surface area contributed by atoms with Gasteiger partial charge in [-0.05, 0) is 23.1 Å². The fourth-order valence-electron chi connectivity index (χ4n) is 3.31. The Bertz CT molecular complexity index is 971. The number of nitrogens with zero attached hydrogens (tertiary/aromatic N) is 2. The minimum absolute atomic E-state index is 0.0336. The van der Waals surface area contributed by atoms with Crippen LogP contribution in [0.3, 0.4) is 0 Å². The van der Waals surface area contributed by atoms with Crippen LogP contribution in [0.15, 0.2) is 41.3 Å². The number of methoxy groups -OCH3 is 1. The molecule has 2 heterocycles. The normalized spacial score (nSPS) is 13.8. The summed E-state index contributed by atoms with van der Waals surface area (Å²) in [6.45, 7) is 8.17. The van der Waals surface area contributed by atoms with Crippen LogP contribution in [-0.2, 0) is 12.0 Å². The molecule has 0 radical (unpaired) electrons. The van der Waals surface area contributed by atoms with Crippen LogP contribution in [0.4, 0.5) is 0 Å². The number of hydrogen-bond acceptors (Lipinski definition) is 4. The van der Waals surface area contributed by atoms with E-state index in [0.717, 1.165) is 0 Å². The van der Waals surface area contributed by atoms with Gasteiger partial charge in [-0.3, -0.25) is 14.4 Å². The lowest BCUT2D eigenvalue weighted by Gasteiger charge is -2.30. The summed E-state index contributed by atoms with van der Waals surface area (Å²) in [6.07, 6.45) is 1.57. The second-order valence-corrected chi connectivity index (χ2v) is 8.16. The van der Waals surface area contributed by atoms with E-state index >= 15 is 0 Å². The van der Waals surface area contributed by atoms with Gasteiger partial charge in [0, 0.05) is 37.8 Å². The smallest absolute Gasteiger partial charge is 0.270 e. The molecule has 3 rings (SSSR count). The Morgan fingerprint density at radius 1 is 1.14 bits per heavy atom. The number of benzene rings is 1. The Balaban J connectivity index is 1.58. The topological polar surface area (TPSA) is 80.6 Å². The van der Waals surface area contributed by atoms with Crippen LogP contribution in [0.1, 0.15) is 47.2 Å². The van der Waals surface area contributed by atoms with E-state index in [1.54, 1.807) is 15.7 Å². The molecule has 1 aliphatic heterocycles. The van der Waals surface area contributed by atoms with Crippen LogP contribution in [0.5, 0.6) is 5.75 Å². The number of rotatable bonds is 5. The highest BCUT2D eigenvalue weighted by atomic mass is 16.5. The zero-order valence-electron chi connectivity index (χ0n) is 17.3. The molecule has 0 saturated heterocycles. The number of ether oxygens (including phenoxy) is 1. The van der Waals surface area contributed by atoms with Gasteiger partial charge in [-0.2, -0.15) is 0 Å². The van der Waals surface area contributed by atoms with Crippen molar-refractivity contribution >= 4 is 11.8 Å². The Labute approximate surface area is 170 Å². The molecule has 7 heteroatoms. The van der Waals surface area contributed by atoms with Crippen LogP contribution in [0.2, 0.25) is 0 Å². The molecule has 0 unspecified atom stereocenters. The average molecular weight is 397 g/mol. The monoisotopic (exact) mass is 397 g/mol. The van der Waals surface area contributed by atoms with Crippen LogP contribution in [-0.4, -0.2) is 48.0 Å². The Morgan fingerprint density at radius 3 is 2.45 bits per heavy atom. The Kier molecular flexibility index (Phi) is 5.77. The number of pyridine rings is 1. The van der Waals surface area contributed by atoms with Crippen molar-refractivity contribution in [2.75, 3.05) is 26.7 Å². The first-order valence-corrected chi connectivity index (χ1v) is 9.67. The number of nitrogens with one attached hydrogen (secondary N) is 1. The summed E-state index contributed by atoms with van der Waals surface area (Å²) in [5.74, 6) is -0.171. The number of carbonyl (C=O) groups is 2. The quantitative estimate of drug-likeness (QED) is 0.837. The van der Waals surface area contributed by atoms with Gasteiger partial charge in [0.25, 0.3) is 11.8 Å². The summed E-state index contributed by atoms with van der Waals surface area (Å²) in [7, 11) is 1.43. The molecule has 1 aromatic heterocycles. The first-order chi connectivity index (χ1) is 13.7. The molecule has 1 N–H and O–H groups in total. The third kappa shape index (κ3) is 4.50. The third-order valence-electron chi connectivity index (χ3n) is 5.11. The number of aromatic nitrogens is 1. The number of fused-ring (bicyclic) bond motifs is 1. The lowest BCUT2D eigenvalue weighted by Crippen LogP contribution is -2.45. The first-order valence-electron chi connectivity index (χ1n) is 9.67. The highest BCUT2D eigenvalue weighted by Gasteiger charge is 2.25. The molecule has 0 aliphatic carbocycles. The molecule has 2 aromatic rings. The standard InChI is InChI=1S/C22H27N3O4/c1-22(2,3)16-7-5-15(6-8-16)20(27)23-9-10-24-11-12-25-14-19(29-4)18(26)13-17(25)21(24)28/h5-8,13-14H,9-12H2,1-4H3,(H,23,27). The highest BCUT2D eigenvalue weighted by molar-refractivity contribution is 5.95. The molecule has 7 nitrogen and oxygen atoms in total. The molecule has 29 heavy (non-hydrogen) atoms. The van der Waals surface area contributed by atoms with Gasteiger partial charge in [-0.15, -0.1) is 0 Å². The molecule has 0 saturated carbocycles. The van der Waals surface area contributed by atoms with E-state index < -0.39 is 0 Å². The summed E-state index contributed by atoms with van der Waals surface area (Å²) in [5.41, 5.74) is 1.81. The molecule has 0 fully saturated rings. The van der Waals surface area contributed by atoms with Gasteiger partial charge >= 0.3 is 0 Å². The van der Waals surface area contributed by atoms with Crippen molar-refractivity contribution in [1.29, 1.82) is 0 Å². The third-order valence-corrected chi connectivity index (χ3v) is 5.11. The van der Waals surface area contributed by atoms with Crippen LogP contribution < -0.4 is 15.5 Å². The molecule has 154 valence electrons. The van der Waals surface area contributed by atoms with Gasteiger partial charge in [-0.1, -0.05) is 32.9 Å². The van der Waals surface area contributed by atoms with Crippen LogP contribution in [0.25, 0.3) is 0 Å². The summed E-state index contributed by atoms with van der Waals surface area (Å²) in [4.78, 5) is 38.6. The van der Waals surface area contributed by atoms with Crippen molar-refractivity contribution in [3.8, 4) is 5.75 Å².